The Morgan fingerprint density at radius 2 is 1.71 bits per heavy atom. The highest BCUT2D eigenvalue weighted by molar-refractivity contribution is 6.12. The molecule has 0 unspecified atom stereocenters. The van der Waals surface area contributed by atoms with E-state index in [4.69, 9.17) is 4.74 Å². The second-order valence-electron chi connectivity index (χ2n) is 8.16. The Morgan fingerprint density at radius 1 is 1.03 bits per heavy atom. The highest BCUT2D eigenvalue weighted by atomic mass is 16.5. The van der Waals surface area contributed by atoms with Crippen molar-refractivity contribution in [2.45, 2.75) is 19.9 Å². The van der Waals surface area contributed by atoms with Crippen molar-refractivity contribution >= 4 is 17.6 Å². The molecule has 0 saturated heterocycles. The normalized spacial score (nSPS) is 14.8. The van der Waals surface area contributed by atoms with E-state index < -0.39 is 12.0 Å². The molecule has 1 aliphatic rings. The molecule has 5 rings (SSSR count). The number of phenols is 1. The van der Waals surface area contributed by atoms with Crippen LogP contribution in [0.3, 0.4) is 0 Å². The molecule has 0 saturated carbocycles. The summed E-state index contributed by atoms with van der Waals surface area (Å²) in [5.41, 5.74) is 5.80. The van der Waals surface area contributed by atoms with Crippen molar-refractivity contribution in [3.63, 3.8) is 0 Å². The molecule has 170 valence electrons. The van der Waals surface area contributed by atoms with Crippen LogP contribution in [0.4, 0.5) is 5.69 Å². The Hall–Kier alpha value is -4.39. The van der Waals surface area contributed by atoms with Crippen molar-refractivity contribution in [2.24, 2.45) is 0 Å². The van der Waals surface area contributed by atoms with Gasteiger partial charge in [-0.3, -0.25) is 14.8 Å². The second kappa shape index (κ2) is 8.51. The van der Waals surface area contributed by atoms with Crippen LogP contribution in [-0.2, 0) is 4.74 Å². The minimum atomic E-state index is -0.466. The molecule has 1 atom stereocenters. The van der Waals surface area contributed by atoms with Gasteiger partial charge in [0.1, 0.15) is 11.4 Å². The second-order valence-corrected chi connectivity index (χ2v) is 8.16. The summed E-state index contributed by atoms with van der Waals surface area (Å²) in [7, 11) is 0. The van der Waals surface area contributed by atoms with Crippen LogP contribution in [0.15, 0.2) is 72.8 Å². The van der Waals surface area contributed by atoms with Gasteiger partial charge >= 0.3 is 5.97 Å². The van der Waals surface area contributed by atoms with Crippen molar-refractivity contribution < 1.29 is 19.4 Å². The zero-order chi connectivity index (χ0) is 23.8. The molecule has 34 heavy (non-hydrogen) atoms. The Bertz CT molecular complexity index is 1360. The summed E-state index contributed by atoms with van der Waals surface area (Å²) in [6, 6.07) is 21.1. The minimum absolute atomic E-state index is 0.143. The first-order valence-corrected chi connectivity index (χ1v) is 11.0. The first-order valence-electron chi connectivity index (χ1n) is 11.0. The SMILES string of the molecule is CCOC(=O)c1ccc(N2C(=O)c3[nH]nc(-c4ccc(C)cc4)c3[C@@H]2c2ccc(O)cc2)cc1. The maximum absolute atomic E-state index is 13.6. The zero-order valence-electron chi connectivity index (χ0n) is 18.8. The first-order chi connectivity index (χ1) is 16.5. The lowest BCUT2D eigenvalue weighted by molar-refractivity contribution is 0.0526. The molecule has 1 aromatic heterocycles. The van der Waals surface area contributed by atoms with Crippen LogP contribution in [0.5, 0.6) is 5.75 Å². The quantitative estimate of drug-likeness (QED) is 0.414. The van der Waals surface area contributed by atoms with Crippen LogP contribution >= 0.6 is 0 Å². The summed E-state index contributed by atoms with van der Waals surface area (Å²) >= 11 is 0. The lowest BCUT2D eigenvalue weighted by Gasteiger charge is -2.26. The predicted octanol–water partition coefficient (Wildman–Crippen LogP) is 5.02. The highest BCUT2D eigenvalue weighted by Crippen LogP contribution is 2.45. The number of rotatable bonds is 5. The summed E-state index contributed by atoms with van der Waals surface area (Å²) in [4.78, 5) is 27.3. The van der Waals surface area contributed by atoms with Gasteiger partial charge in [-0.25, -0.2) is 4.79 Å². The van der Waals surface area contributed by atoms with E-state index >= 15 is 0 Å². The zero-order valence-corrected chi connectivity index (χ0v) is 18.8. The van der Waals surface area contributed by atoms with E-state index in [1.165, 1.54) is 0 Å². The number of hydrogen-bond acceptors (Lipinski definition) is 5. The third-order valence-electron chi connectivity index (χ3n) is 5.96. The van der Waals surface area contributed by atoms with Gasteiger partial charge < -0.3 is 9.84 Å². The Labute approximate surface area is 196 Å². The van der Waals surface area contributed by atoms with Crippen LogP contribution in [0, 0.1) is 6.92 Å². The van der Waals surface area contributed by atoms with E-state index in [0.717, 1.165) is 22.3 Å². The number of nitrogens with one attached hydrogen (secondary N) is 1. The van der Waals surface area contributed by atoms with Crippen LogP contribution in [0.1, 0.15) is 50.5 Å². The minimum Gasteiger partial charge on any atom is -0.508 e. The molecule has 0 fully saturated rings. The van der Waals surface area contributed by atoms with E-state index in [1.807, 2.05) is 31.2 Å². The maximum Gasteiger partial charge on any atom is 0.338 e. The molecule has 0 spiro atoms. The number of hydrogen-bond donors (Lipinski definition) is 2. The van der Waals surface area contributed by atoms with Crippen molar-refractivity contribution in [1.29, 1.82) is 0 Å². The van der Waals surface area contributed by atoms with Gasteiger partial charge in [0, 0.05) is 16.8 Å². The third kappa shape index (κ3) is 3.61. The topological polar surface area (TPSA) is 95.5 Å². The molecule has 0 aliphatic carbocycles. The number of carbonyl (C=O) groups is 2. The number of aromatic amines is 1. The third-order valence-corrected chi connectivity index (χ3v) is 5.96. The number of H-pyrrole nitrogens is 1. The molecular formula is C27H23N3O4. The summed E-state index contributed by atoms with van der Waals surface area (Å²) < 4.78 is 5.07. The Balaban J connectivity index is 1.63. The Morgan fingerprint density at radius 3 is 2.35 bits per heavy atom. The van der Waals surface area contributed by atoms with Crippen molar-refractivity contribution in [1.82, 2.24) is 10.2 Å². The molecule has 4 aromatic rings. The van der Waals surface area contributed by atoms with Crippen LogP contribution in [0.2, 0.25) is 0 Å². The predicted molar refractivity (Wildman–Crippen MR) is 128 cm³/mol. The van der Waals surface area contributed by atoms with Gasteiger partial charge in [0.2, 0.25) is 0 Å². The number of amides is 1. The lowest BCUT2D eigenvalue weighted by Crippen LogP contribution is -2.29. The van der Waals surface area contributed by atoms with Gasteiger partial charge in [-0.1, -0.05) is 42.0 Å². The van der Waals surface area contributed by atoms with Gasteiger partial charge in [0.25, 0.3) is 5.91 Å². The number of aryl methyl sites for hydroxylation is 1. The number of esters is 1. The van der Waals surface area contributed by atoms with Crippen LogP contribution in [-0.4, -0.2) is 33.8 Å². The maximum atomic E-state index is 13.6. The molecule has 1 aliphatic heterocycles. The van der Waals surface area contributed by atoms with Crippen molar-refractivity contribution in [3.8, 4) is 17.0 Å². The van der Waals surface area contributed by atoms with Gasteiger partial charge in [-0.2, -0.15) is 5.10 Å². The van der Waals surface area contributed by atoms with Crippen molar-refractivity contribution in [2.75, 3.05) is 11.5 Å². The van der Waals surface area contributed by atoms with Gasteiger partial charge in [-0.15, -0.1) is 0 Å². The molecule has 3 aromatic carbocycles. The average Bonchev–Trinajstić information content (AvgIpc) is 3.39. The number of carbonyl (C=O) groups excluding carboxylic acids is 2. The van der Waals surface area contributed by atoms with Crippen molar-refractivity contribution in [3.05, 3.63) is 101 Å². The number of ether oxygens (including phenoxy) is 1. The number of phenolic OH excluding ortho intramolecular Hbond substituents is 1. The summed E-state index contributed by atoms with van der Waals surface area (Å²) in [6.07, 6.45) is 0. The van der Waals surface area contributed by atoms with Gasteiger partial charge in [0.15, 0.2) is 0 Å². The largest absolute Gasteiger partial charge is 0.508 e. The van der Waals surface area contributed by atoms with E-state index in [2.05, 4.69) is 10.2 Å². The molecule has 2 N–H and O–H groups in total. The van der Waals surface area contributed by atoms with Crippen LogP contribution in [0.25, 0.3) is 11.3 Å². The summed E-state index contributed by atoms with van der Waals surface area (Å²) in [6.45, 7) is 4.06. The molecule has 7 nitrogen and oxygen atoms in total. The fraction of sp³-hybridized carbons (Fsp3) is 0.148. The number of anilines is 1. The fourth-order valence-corrected chi connectivity index (χ4v) is 4.29. The van der Waals surface area contributed by atoms with Gasteiger partial charge in [0.05, 0.1) is 23.9 Å². The van der Waals surface area contributed by atoms with E-state index in [-0.39, 0.29) is 18.3 Å². The first kappa shape index (κ1) is 21.5. The highest BCUT2D eigenvalue weighted by Gasteiger charge is 2.43. The summed E-state index contributed by atoms with van der Waals surface area (Å²) in [5, 5.41) is 17.3. The number of benzene rings is 3. The summed E-state index contributed by atoms with van der Waals surface area (Å²) in [5.74, 6) is -0.486. The lowest BCUT2D eigenvalue weighted by atomic mass is 9.95. The van der Waals surface area contributed by atoms with Gasteiger partial charge in [-0.05, 0) is 55.8 Å². The number of nitrogens with zero attached hydrogens (tertiary/aromatic N) is 2. The standard InChI is InChI=1S/C27H23N3O4/c1-3-34-27(33)19-8-12-20(13-9-19)30-25(18-10-14-21(31)15-11-18)22-23(28-29-24(22)26(30)32)17-6-4-16(2)5-7-17/h4-15,25,31H,3H2,1-2H3,(H,28,29)/t25-/m0/s1. The van der Waals surface area contributed by atoms with Crippen LogP contribution < -0.4 is 4.90 Å². The Kier molecular flexibility index (Phi) is 5.37. The molecule has 2 heterocycles. The van der Waals surface area contributed by atoms with E-state index in [0.29, 0.717) is 22.6 Å². The van der Waals surface area contributed by atoms with E-state index in [9.17, 15) is 14.7 Å². The molecular weight excluding hydrogens is 430 g/mol. The number of fused-ring (bicyclic) bond motifs is 1. The molecule has 0 bridgehead atoms. The fourth-order valence-electron chi connectivity index (χ4n) is 4.29. The smallest absolute Gasteiger partial charge is 0.338 e. The molecule has 1 amide bonds. The van der Waals surface area contributed by atoms with E-state index in [1.54, 1.807) is 60.4 Å². The number of aromatic nitrogens is 2. The number of aromatic hydroxyl groups is 1. The molecule has 0 radical (unpaired) electrons. The molecule has 7 heteroatoms. The average molecular weight is 453 g/mol. The monoisotopic (exact) mass is 453 g/mol.